The lowest BCUT2D eigenvalue weighted by atomic mass is 11.4. The second kappa shape index (κ2) is 4.21. The van der Waals surface area contributed by atoms with E-state index in [1.807, 2.05) is 0 Å². The Morgan fingerprint density at radius 3 is 2.40 bits per heavy atom. The van der Waals surface area contributed by atoms with E-state index in [0.717, 1.165) is 0 Å². The van der Waals surface area contributed by atoms with Gasteiger partial charge in [-0.1, -0.05) is 0 Å². The molecule has 0 saturated heterocycles. The fourth-order valence-electron chi connectivity index (χ4n) is 0.144. The first-order valence-corrected chi connectivity index (χ1v) is 12.2. The third-order valence-electron chi connectivity index (χ3n) is 0.394. The van der Waals surface area contributed by atoms with E-state index in [9.17, 15) is 0 Å². The summed E-state index contributed by atoms with van der Waals surface area (Å²) < 4.78 is 0. The van der Waals surface area contributed by atoms with Crippen LogP contribution in [0.5, 0.6) is 0 Å². The summed E-state index contributed by atoms with van der Waals surface area (Å²) in [6.07, 6.45) is 5.01. The first kappa shape index (κ1) is 5.21. The first-order chi connectivity index (χ1) is 2.41. The van der Waals surface area contributed by atoms with E-state index in [0.29, 0.717) is 8.55 Å². The van der Waals surface area contributed by atoms with Crippen molar-refractivity contribution in [2.75, 3.05) is 0 Å². The Morgan fingerprint density at radius 2 is 2.40 bits per heavy atom. The molecule has 3 heteroatoms. The van der Waals surface area contributed by atoms with Crippen LogP contribution in [0.2, 0.25) is 0 Å². The predicted molar refractivity (Wildman–Crippen MR) is 35.9 cm³/mol. The molecule has 0 bridgehead atoms. The van der Waals surface area contributed by atoms with Gasteiger partial charge in [0.05, 0.1) is 9.04 Å². The molecule has 0 radical (unpaired) electrons. The van der Waals surface area contributed by atoms with E-state index in [-0.39, 0.29) is 9.04 Å². The van der Waals surface area contributed by atoms with Crippen molar-refractivity contribution in [1.29, 1.82) is 0 Å². The summed E-state index contributed by atoms with van der Waals surface area (Å²) in [7, 11) is 2.07. The zero-order valence-corrected chi connectivity index (χ0v) is 8.32. The number of hydrogen-bond donors (Lipinski definition) is 0. The standard InChI is InChI=1S/C2H8Si3/c1-2-4-5-3/h1H,4-5H2,3H3. The highest BCUT2D eigenvalue weighted by Gasteiger charge is 1.66. The molecule has 0 aromatic carbocycles. The molecule has 0 fully saturated rings. The maximum Gasteiger partial charge on any atom is 0.0884 e. The third kappa shape index (κ3) is 4.21. The zero-order chi connectivity index (χ0) is 4.12. The Hall–Kier alpha value is 0.211. The summed E-state index contributed by atoms with van der Waals surface area (Å²) in [5, 5.41) is 0. The van der Waals surface area contributed by atoms with Gasteiger partial charge in [-0.25, -0.2) is 0 Å². The Kier molecular flexibility index (Phi) is 4.39. The molecule has 0 spiro atoms. The molecule has 0 saturated carbocycles. The molecule has 0 aliphatic rings. The van der Waals surface area contributed by atoms with Crippen LogP contribution in [0.1, 0.15) is 0 Å². The molecule has 0 rings (SSSR count). The smallest absolute Gasteiger partial charge is 0.0884 e. The van der Waals surface area contributed by atoms with Gasteiger partial charge in [0.1, 0.15) is 0 Å². The van der Waals surface area contributed by atoms with Crippen LogP contribution < -0.4 is 0 Å². The lowest BCUT2D eigenvalue weighted by molar-refractivity contribution is 3.05. The molecule has 0 atom stereocenters. The Labute approximate surface area is 40.0 Å². The normalized spacial score (nSPS) is 11.8. The van der Waals surface area contributed by atoms with Crippen molar-refractivity contribution in [2.24, 2.45) is 0 Å². The van der Waals surface area contributed by atoms with E-state index >= 15 is 0 Å². The fraction of sp³-hybridized carbons (Fsp3) is 0. The van der Waals surface area contributed by atoms with Gasteiger partial charge in [-0.3, -0.25) is 0 Å². The molecular weight excluding hydrogens is 108 g/mol. The fourth-order valence-corrected chi connectivity index (χ4v) is 3.90. The summed E-state index contributed by atoms with van der Waals surface area (Å²) in [6, 6.07) is 0. The SMILES string of the molecule is C#C[SiH2][SiH2][SiH3]. The molecule has 0 N–H and O–H groups in total. The summed E-state index contributed by atoms with van der Waals surface area (Å²) >= 11 is 0. The predicted octanol–water partition coefficient (Wildman–Crippen LogP) is -2.89. The van der Waals surface area contributed by atoms with Crippen molar-refractivity contribution in [1.82, 2.24) is 0 Å². The van der Waals surface area contributed by atoms with E-state index in [4.69, 9.17) is 6.42 Å². The van der Waals surface area contributed by atoms with E-state index < -0.39 is 0 Å². The van der Waals surface area contributed by atoms with Crippen LogP contribution in [0.15, 0.2) is 0 Å². The largest absolute Gasteiger partial charge is 0.147 e. The average molecular weight is 116 g/mol. The molecule has 0 aromatic rings. The van der Waals surface area contributed by atoms with Gasteiger partial charge in [-0.05, 0) is 9.76 Å². The topological polar surface area (TPSA) is 0 Å². The van der Waals surface area contributed by atoms with Crippen LogP contribution in [0.4, 0.5) is 0 Å². The highest BCUT2D eigenvalue weighted by Crippen LogP contribution is 1.37. The van der Waals surface area contributed by atoms with Crippen molar-refractivity contribution in [2.45, 2.75) is 0 Å². The van der Waals surface area contributed by atoms with Gasteiger partial charge in [0.15, 0.2) is 0 Å². The van der Waals surface area contributed by atoms with Crippen molar-refractivity contribution in [3.05, 3.63) is 0 Å². The van der Waals surface area contributed by atoms with Gasteiger partial charge in [-0.15, -0.1) is 12.0 Å². The van der Waals surface area contributed by atoms with E-state index in [1.54, 1.807) is 0 Å². The molecule has 0 heterocycles. The van der Waals surface area contributed by atoms with Crippen LogP contribution >= 0.6 is 0 Å². The van der Waals surface area contributed by atoms with E-state index in [1.165, 1.54) is 9.76 Å². The minimum absolute atomic E-state index is 0.160. The molecule has 28 valence electrons. The molecule has 0 aliphatic heterocycles. The summed E-state index contributed by atoms with van der Waals surface area (Å²) in [5.74, 6) is 0. The minimum atomic E-state index is 0.160. The van der Waals surface area contributed by atoms with Crippen LogP contribution in [-0.4, -0.2) is 27.4 Å². The molecular formula is C2H8Si3. The second-order valence-electron chi connectivity index (χ2n) is 0.954. The van der Waals surface area contributed by atoms with Crippen LogP contribution in [-0.2, 0) is 0 Å². The van der Waals surface area contributed by atoms with Gasteiger partial charge in [0.2, 0.25) is 0 Å². The monoisotopic (exact) mass is 116 g/mol. The maximum atomic E-state index is 5.01. The molecule has 0 amide bonds. The Bertz CT molecular complexity index is 43.3. The van der Waals surface area contributed by atoms with Gasteiger partial charge in [0, 0.05) is 8.55 Å². The quantitative estimate of drug-likeness (QED) is 0.255. The van der Waals surface area contributed by atoms with Gasteiger partial charge >= 0.3 is 0 Å². The second-order valence-corrected chi connectivity index (χ2v) is 16.4. The first-order valence-electron chi connectivity index (χ1n) is 1.85. The van der Waals surface area contributed by atoms with Gasteiger partial charge in [-0.2, -0.15) is 0 Å². The maximum absolute atomic E-state index is 5.01. The highest BCUT2D eigenvalue weighted by molar-refractivity contribution is 7.26. The highest BCUT2D eigenvalue weighted by atomic mass is 29.5. The molecule has 0 nitrogen and oxygen atoms in total. The number of terminal acetylenes is 1. The summed E-state index contributed by atoms with van der Waals surface area (Å²) in [4.78, 5) is 0. The van der Waals surface area contributed by atoms with Gasteiger partial charge < -0.3 is 0 Å². The van der Waals surface area contributed by atoms with Gasteiger partial charge in [0.25, 0.3) is 0 Å². The van der Waals surface area contributed by atoms with Crippen molar-refractivity contribution in [3.8, 4) is 12.0 Å². The average Bonchev–Trinajstić information content (AvgIpc) is 1.41. The molecule has 0 unspecified atom stereocenters. The number of hydrogen-bond acceptors (Lipinski definition) is 0. The van der Waals surface area contributed by atoms with Crippen molar-refractivity contribution >= 4 is 27.4 Å². The summed E-state index contributed by atoms with van der Waals surface area (Å²) in [6.45, 7) is 0. The van der Waals surface area contributed by atoms with Crippen molar-refractivity contribution in [3.63, 3.8) is 0 Å². The van der Waals surface area contributed by atoms with E-state index in [2.05, 4.69) is 5.54 Å². The minimum Gasteiger partial charge on any atom is -0.147 e. The zero-order valence-electron chi connectivity index (χ0n) is 3.49. The lowest BCUT2D eigenvalue weighted by Crippen LogP contribution is -1.97. The van der Waals surface area contributed by atoms with Crippen LogP contribution in [0, 0.1) is 12.0 Å². The Balaban J connectivity index is 2.48. The van der Waals surface area contributed by atoms with Crippen LogP contribution in [0.3, 0.4) is 0 Å². The van der Waals surface area contributed by atoms with Crippen molar-refractivity contribution < 1.29 is 0 Å². The Morgan fingerprint density at radius 1 is 1.80 bits per heavy atom. The summed E-state index contributed by atoms with van der Waals surface area (Å²) in [5.41, 5.74) is 2.75. The lowest BCUT2D eigenvalue weighted by Gasteiger charge is -1.65. The van der Waals surface area contributed by atoms with Crippen LogP contribution in [0.25, 0.3) is 0 Å². The molecule has 5 heavy (non-hydrogen) atoms. The molecule has 0 aromatic heterocycles. The number of rotatable bonds is 1. The third-order valence-corrected chi connectivity index (χ3v) is 8.05. The molecule has 0 aliphatic carbocycles.